The van der Waals surface area contributed by atoms with E-state index < -0.39 is 0 Å². The van der Waals surface area contributed by atoms with Crippen LogP contribution in [0.4, 0.5) is 0 Å². The first-order valence-corrected chi connectivity index (χ1v) is 5.98. The molecule has 0 saturated carbocycles. The molecule has 1 fully saturated rings. The minimum Gasteiger partial charge on any atom is -0.459 e. The van der Waals surface area contributed by atoms with Crippen molar-refractivity contribution in [2.75, 3.05) is 39.4 Å². The van der Waals surface area contributed by atoms with Crippen molar-refractivity contribution < 1.29 is 13.9 Å². The average Bonchev–Trinajstić information content (AvgIpc) is 2.89. The van der Waals surface area contributed by atoms with E-state index in [1.807, 2.05) is 0 Å². The number of morpholine rings is 1. The van der Waals surface area contributed by atoms with Crippen molar-refractivity contribution in [3.8, 4) is 0 Å². The molecule has 2 heterocycles. The van der Waals surface area contributed by atoms with Crippen LogP contribution >= 0.6 is 12.4 Å². The van der Waals surface area contributed by atoms with Crippen molar-refractivity contribution in [2.24, 2.45) is 0 Å². The lowest BCUT2D eigenvalue weighted by Gasteiger charge is -2.26. The summed E-state index contributed by atoms with van der Waals surface area (Å²) in [5.41, 5.74) is 0. The second-order valence-corrected chi connectivity index (χ2v) is 4.04. The zero-order chi connectivity index (χ0) is 11.9. The maximum Gasteiger partial charge on any atom is 0.286 e. The molecule has 0 radical (unpaired) electrons. The van der Waals surface area contributed by atoms with E-state index in [4.69, 9.17) is 9.15 Å². The fraction of sp³-hybridized carbons (Fsp3) is 0.583. The number of nitrogens with one attached hydrogen (secondary N) is 1. The van der Waals surface area contributed by atoms with Crippen LogP contribution in [0.3, 0.4) is 0 Å². The smallest absolute Gasteiger partial charge is 0.286 e. The van der Waals surface area contributed by atoms with Crippen molar-refractivity contribution in [1.29, 1.82) is 0 Å². The molecule has 0 aliphatic carbocycles. The number of nitrogens with zero attached hydrogens (tertiary/aromatic N) is 1. The summed E-state index contributed by atoms with van der Waals surface area (Å²) in [5, 5.41) is 2.83. The maximum atomic E-state index is 11.5. The van der Waals surface area contributed by atoms with Crippen LogP contribution in [0, 0.1) is 0 Å². The van der Waals surface area contributed by atoms with Crippen LogP contribution in [0.15, 0.2) is 22.8 Å². The molecule has 6 heteroatoms. The van der Waals surface area contributed by atoms with Gasteiger partial charge in [0, 0.05) is 19.6 Å². The third-order valence-electron chi connectivity index (χ3n) is 2.79. The molecule has 0 bridgehead atoms. The molecule has 5 nitrogen and oxygen atoms in total. The Balaban J connectivity index is 0.00000162. The summed E-state index contributed by atoms with van der Waals surface area (Å²) in [6.45, 7) is 5.30. The Hall–Kier alpha value is -1.04. The molecular formula is C12H19ClN2O3. The molecule has 1 aliphatic rings. The second kappa shape index (κ2) is 8.13. The number of hydrogen-bond acceptors (Lipinski definition) is 4. The SMILES string of the molecule is Cl.O=C(NCCCN1CCOCC1)c1ccco1. The van der Waals surface area contributed by atoms with E-state index in [-0.39, 0.29) is 18.3 Å². The van der Waals surface area contributed by atoms with Crippen molar-refractivity contribution in [1.82, 2.24) is 10.2 Å². The predicted octanol–water partition coefficient (Wildman–Crippen LogP) is 1.15. The van der Waals surface area contributed by atoms with Gasteiger partial charge in [-0.25, -0.2) is 0 Å². The highest BCUT2D eigenvalue weighted by atomic mass is 35.5. The summed E-state index contributed by atoms with van der Waals surface area (Å²) in [6, 6.07) is 3.37. The molecule has 0 aromatic carbocycles. The lowest BCUT2D eigenvalue weighted by Crippen LogP contribution is -2.38. The molecule has 1 aliphatic heterocycles. The minimum atomic E-state index is -0.142. The number of furan rings is 1. The molecule has 1 amide bonds. The van der Waals surface area contributed by atoms with E-state index in [0.717, 1.165) is 39.3 Å². The molecule has 1 N–H and O–H groups in total. The zero-order valence-electron chi connectivity index (χ0n) is 10.3. The lowest BCUT2D eigenvalue weighted by molar-refractivity contribution is 0.0374. The maximum absolute atomic E-state index is 11.5. The summed E-state index contributed by atoms with van der Waals surface area (Å²) in [6.07, 6.45) is 2.45. The minimum absolute atomic E-state index is 0. The fourth-order valence-corrected chi connectivity index (χ4v) is 1.82. The van der Waals surface area contributed by atoms with Crippen molar-refractivity contribution >= 4 is 18.3 Å². The van der Waals surface area contributed by atoms with Crippen molar-refractivity contribution in [2.45, 2.75) is 6.42 Å². The van der Waals surface area contributed by atoms with E-state index >= 15 is 0 Å². The summed E-state index contributed by atoms with van der Waals surface area (Å²) in [4.78, 5) is 13.9. The van der Waals surface area contributed by atoms with E-state index in [1.54, 1.807) is 12.1 Å². The summed E-state index contributed by atoms with van der Waals surface area (Å²) in [7, 11) is 0. The van der Waals surface area contributed by atoms with Crippen LogP contribution in [-0.4, -0.2) is 50.2 Å². The Labute approximate surface area is 113 Å². The molecule has 0 unspecified atom stereocenters. The summed E-state index contributed by atoms with van der Waals surface area (Å²) >= 11 is 0. The van der Waals surface area contributed by atoms with Crippen molar-refractivity contribution in [3.05, 3.63) is 24.2 Å². The monoisotopic (exact) mass is 274 g/mol. The Kier molecular flexibility index (Phi) is 6.78. The molecule has 1 aromatic rings. The summed E-state index contributed by atoms with van der Waals surface area (Å²) in [5.74, 6) is 0.230. The Bertz CT molecular complexity index is 337. The van der Waals surface area contributed by atoms with Crippen LogP contribution < -0.4 is 5.32 Å². The molecule has 0 atom stereocenters. The van der Waals surface area contributed by atoms with Gasteiger partial charge in [-0.1, -0.05) is 0 Å². The number of rotatable bonds is 5. The van der Waals surface area contributed by atoms with Gasteiger partial charge in [0.1, 0.15) is 0 Å². The summed E-state index contributed by atoms with van der Waals surface area (Å²) < 4.78 is 10.3. The number of carbonyl (C=O) groups is 1. The molecule has 18 heavy (non-hydrogen) atoms. The predicted molar refractivity (Wildman–Crippen MR) is 70.2 cm³/mol. The number of hydrogen-bond donors (Lipinski definition) is 1. The molecule has 1 saturated heterocycles. The van der Waals surface area contributed by atoms with Crippen LogP contribution in [0.25, 0.3) is 0 Å². The number of halogens is 1. The molecule has 1 aromatic heterocycles. The third kappa shape index (κ3) is 4.68. The van der Waals surface area contributed by atoms with Gasteiger partial charge in [0.25, 0.3) is 5.91 Å². The average molecular weight is 275 g/mol. The molecular weight excluding hydrogens is 256 g/mol. The van der Waals surface area contributed by atoms with Crippen LogP contribution in [-0.2, 0) is 4.74 Å². The second-order valence-electron chi connectivity index (χ2n) is 4.04. The standard InChI is InChI=1S/C12H18N2O3.ClH/c15-12(11-3-1-8-17-11)13-4-2-5-14-6-9-16-10-7-14;/h1,3,8H,2,4-7,9-10H2,(H,13,15);1H. The van der Waals surface area contributed by atoms with Gasteiger partial charge in [-0.3, -0.25) is 9.69 Å². The highest BCUT2D eigenvalue weighted by molar-refractivity contribution is 5.91. The van der Waals surface area contributed by atoms with Crippen LogP contribution in [0.2, 0.25) is 0 Å². The van der Waals surface area contributed by atoms with Gasteiger partial charge in [-0.05, 0) is 25.1 Å². The van der Waals surface area contributed by atoms with Gasteiger partial charge >= 0.3 is 0 Å². The van der Waals surface area contributed by atoms with E-state index in [2.05, 4.69) is 10.2 Å². The Morgan fingerprint density at radius 2 is 2.17 bits per heavy atom. The van der Waals surface area contributed by atoms with Gasteiger partial charge in [-0.2, -0.15) is 0 Å². The fourth-order valence-electron chi connectivity index (χ4n) is 1.82. The zero-order valence-corrected chi connectivity index (χ0v) is 11.1. The van der Waals surface area contributed by atoms with Gasteiger partial charge in [0.05, 0.1) is 19.5 Å². The molecule has 102 valence electrons. The van der Waals surface area contributed by atoms with Gasteiger partial charge in [0.2, 0.25) is 0 Å². The first-order valence-electron chi connectivity index (χ1n) is 5.98. The van der Waals surface area contributed by atoms with Gasteiger partial charge in [-0.15, -0.1) is 12.4 Å². The first-order chi connectivity index (χ1) is 8.36. The quantitative estimate of drug-likeness (QED) is 0.819. The molecule has 0 spiro atoms. The Morgan fingerprint density at radius 3 is 2.83 bits per heavy atom. The highest BCUT2D eigenvalue weighted by Crippen LogP contribution is 2.00. The first kappa shape index (κ1) is 15.0. The number of amides is 1. The molecule has 2 rings (SSSR count). The largest absolute Gasteiger partial charge is 0.459 e. The van der Waals surface area contributed by atoms with E-state index in [1.165, 1.54) is 6.26 Å². The van der Waals surface area contributed by atoms with Crippen LogP contribution in [0.5, 0.6) is 0 Å². The normalized spacial score (nSPS) is 16.0. The van der Waals surface area contributed by atoms with Gasteiger partial charge < -0.3 is 14.5 Å². The van der Waals surface area contributed by atoms with Crippen molar-refractivity contribution in [3.63, 3.8) is 0 Å². The number of ether oxygens (including phenoxy) is 1. The topological polar surface area (TPSA) is 54.7 Å². The third-order valence-corrected chi connectivity index (χ3v) is 2.79. The van der Waals surface area contributed by atoms with E-state index in [0.29, 0.717) is 12.3 Å². The van der Waals surface area contributed by atoms with E-state index in [9.17, 15) is 4.79 Å². The van der Waals surface area contributed by atoms with Crippen LogP contribution in [0.1, 0.15) is 17.0 Å². The highest BCUT2D eigenvalue weighted by Gasteiger charge is 2.10. The van der Waals surface area contributed by atoms with Gasteiger partial charge in [0.15, 0.2) is 5.76 Å². The number of carbonyl (C=O) groups excluding carboxylic acids is 1. The lowest BCUT2D eigenvalue weighted by atomic mass is 10.3. The Morgan fingerprint density at radius 1 is 1.39 bits per heavy atom.